The number of rotatable bonds is 5. The molecule has 0 fully saturated rings. The molecular formula is C11H19N3O2. The molecule has 0 aromatic carbocycles. The van der Waals surface area contributed by atoms with Gasteiger partial charge in [-0.05, 0) is 32.8 Å². The number of hydroxylamine groups is 1. The predicted octanol–water partition coefficient (Wildman–Crippen LogP) is 1.04. The van der Waals surface area contributed by atoms with Crippen LogP contribution < -0.4 is 5.48 Å². The summed E-state index contributed by atoms with van der Waals surface area (Å²) >= 11 is 0. The molecule has 0 radical (unpaired) electrons. The maximum absolute atomic E-state index is 11.3. The summed E-state index contributed by atoms with van der Waals surface area (Å²) in [6.07, 6.45) is 1.12. The average molecular weight is 225 g/mol. The Labute approximate surface area is 95.7 Å². The van der Waals surface area contributed by atoms with Crippen molar-refractivity contribution in [2.75, 3.05) is 6.61 Å². The number of carbonyl (C=O) groups is 1. The van der Waals surface area contributed by atoms with Gasteiger partial charge in [0.2, 0.25) is 5.91 Å². The molecule has 5 nitrogen and oxygen atoms in total. The zero-order valence-corrected chi connectivity index (χ0v) is 10.3. The van der Waals surface area contributed by atoms with Gasteiger partial charge < -0.3 is 0 Å². The first-order valence-electron chi connectivity index (χ1n) is 5.46. The van der Waals surface area contributed by atoms with Gasteiger partial charge in [-0.3, -0.25) is 14.3 Å². The first-order chi connectivity index (χ1) is 7.56. The summed E-state index contributed by atoms with van der Waals surface area (Å²) in [4.78, 5) is 16.2. The summed E-state index contributed by atoms with van der Waals surface area (Å²) in [5.41, 5.74) is 5.63. The lowest BCUT2D eigenvalue weighted by Crippen LogP contribution is -2.23. The summed E-state index contributed by atoms with van der Waals surface area (Å²) in [6, 6.07) is 0. The molecule has 1 heterocycles. The minimum absolute atomic E-state index is 0.0931. The zero-order chi connectivity index (χ0) is 12.1. The van der Waals surface area contributed by atoms with Crippen LogP contribution in [0.1, 0.15) is 30.3 Å². The highest BCUT2D eigenvalue weighted by molar-refractivity contribution is 5.75. The Morgan fingerprint density at radius 1 is 1.50 bits per heavy atom. The van der Waals surface area contributed by atoms with Crippen molar-refractivity contribution in [3.05, 3.63) is 17.0 Å². The molecule has 0 unspecified atom stereocenters. The van der Waals surface area contributed by atoms with Crippen LogP contribution in [0.5, 0.6) is 0 Å². The standard InChI is InChI=1S/C11H19N3O2/c1-5-16-13-11(15)7-6-10-8(2)12-14(4)9(10)3/h5-7H2,1-4H3,(H,13,15). The van der Waals surface area contributed by atoms with Crippen LogP contribution >= 0.6 is 0 Å². The van der Waals surface area contributed by atoms with Gasteiger partial charge in [0.15, 0.2) is 0 Å². The third-order valence-corrected chi connectivity index (χ3v) is 2.59. The summed E-state index contributed by atoms with van der Waals surface area (Å²) in [6.45, 7) is 6.28. The second-order valence-corrected chi connectivity index (χ2v) is 3.73. The molecule has 0 atom stereocenters. The molecule has 0 bridgehead atoms. The number of aromatic nitrogens is 2. The number of hydrogen-bond acceptors (Lipinski definition) is 3. The van der Waals surface area contributed by atoms with Crippen molar-refractivity contribution in [1.82, 2.24) is 15.3 Å². The zero-order valence-electron chi connectivity index (χ0n) is 10.3. The van der Waals surface area contributed by atoms with E-state index in [4.69, 9.17) is 4.84 Å². The van der Waals surface area contributed by atoms with E-state index >= 15 is 0 Å². The fourth-order valence-electron chi connectivity index (χ4n) is 1.62. The van der Waals surface area contributed by atoms with Crippen LogP contribution in [0.3, 0.4) is 0 Å². The first-order valence-corrected chi connectivity index (χ1v) is 5.46. The molecule has 1 amide bonds. The highest BCUT2D eigenvalue weighted by Crippen LogP contribution is 2.13. The van der Waals surface area contributed by atoms with Crippen LogP contribution in [-0.2, 0) is 23.1 Å². The Kier molecular flexibility index (Phi) is 4.49. The maximum atomic E-state index is 11.3. The molecule has 1 aromatic rings. The highest BCUT2D eigenvalue weighted by Gasteiger charge is 2.10. The molecule has 0 aliphatic rings. The van der Waals surface area contributed by atoms with E-state index in [1.807, 2.05) is 32.5 Å². The van der Waals surface area contributed by atoms with E-state index in [9.17, 15) is 4.79 Å². The van der Waals surface area contributed by atoms with Gasteiger partial charge in [0.25, 0.3) is 0 Å². The van der Waals surface area contributed by atoms with Gasteiger partial charge in [0.1, 0.15) is 0 Å². The Morgan fingerprint density at radius 2 is 2.19 bits per heavy atom. The topological polar surface area (TPSA) is 56.1 Å². The van der Waals surface area contributed by atoms with Crippen molar-refractivity contribution in [1.29, 1.82) is 0 Å². The minimum Gasteiger partial charge on any atom is -0.274 e. The van der Waals surface area contributed by atoms with Crippen LogP contribution in [0, 0.1) is 13.8 Å². The van der Waals surface area contributed by atoms with Gasteiger partial charge in [0, 0.05) is 19.2 Å². The van der Waals surface area contributed by atoms with Crippen molar-refractivity contribution in [3.63, 3.8) is 0 Å². The van der Waals surface area contributed by atoms with Gasteiger partial charge in [-0.25, -0.2) is 5.48 Å². The quantitative estimate of drug-likeness (QED) is 0.762. The summed E-state index contributed by atoms with van der Waals surface area (Å²) < 4.78 is 1.84. The van der Waals surface area contributed by atoms with E-state index < -0.39 is 0 Å². The van der Waals surface area contributed by atoms with Gasteiger partial charge in [-0.1, -0.05) is 0 Å². The molecular weight excluding hydrogens is 206 g/mol. The fraction of sp³-hybridized carbons (Fsp3) is 0.636. The van der Waals surface area contributed by atoms with Crippen molar-refractivity contribution in [2.45, 2.75) is 33.6 Å². The average Bonchev–Trinajstić information content (AvgIpc) is 2.48. The first kappa shape index (κ1) is 12.7. The summed E-state index contributed by atoms with van der Waals surface area (Å²) in [5.74, 6) is -0.0931. The van der Waals surface area contributed by atoms with Gasteiger partial charge in [-0.2, -0.15) is 5.10 Å². The number of amides is 1. The highest BCUT2D eigenvalue weighted by atomic mass is 16.6. The molecule has 0 spiro atoms. The largest absolute Gasteiger partial charge is 0.274 e. The van der Waals surface area contributed by atoms with Crippen LogP contribution in [0.4, 0.5) is 0 Å². The van der Waals surface area contributed by atoms with E-state index in [2.05, 4.69) is 10.6 Å². The lowest BCUT2D eigenvalue weighted by Gasteiger charge is -2.04. The minimum atomic E-state index is -0.0931. The number of nitrogens with one attached hydrogen (secondary N) is 1. The maximum Gasteiger partial charge on any atom is 0.243 e. The van der Waals surface area contributed by atoms with Crippen molar-refractivity contribution >= 4 is 5.91 Å². The van der Waals surface area contributed by atoms with E-state index in [1.54, 1.807) is 0 Å². The third-order valence-electron chi connectivity index (χ3n) is 2.59. The van der Waals surface area contributed by atoms with Gasteiger partial charge in [0.05, 0.1) is 12.3 Å². The Bertz CT molecular complexity index is 372. The number of aryl methyl sites for hydroxylation is 2. The molecule has 5 heteroatoms. The Morgan fingerprint density at radius 3 is 2.69 bits per heavy atom. The Hall–Kier alpha value is -1.36. The lowest BCUT2D eigenvalue weighted by atomic mass is 10.1. The number of carbonyl (C=O) groups excluding carboxylic acids is 1. The van der Waals surface area contributed by atoms with Crippen LogP contribution in [0.2, 0.25) is 0 Å². The monoisotopic (exact) mass is 225 g/mol. The molecule has 90 valence electrons. The predicted molar refractivity (Wildman–Crippen MR) is 60.8 cm³/mol. The third kappa shape index (κ3) is 3.06. The van der Waals surface area contributed by atoms with Crippen LogP contribution in [-0.4, -0.2) is 22.3 Å². The molecule has 1 N–H and O–H groups in total. The molecule has 1 rings (SSSR count). The fourth-order valence-corrected chi connectivity index (χ4v) is 1.62. The Balaban J connectivity index is 2.51. The summed E-state index contributed by atoms with van der Waals surface area (Å²) in [5, 5.41) is 4.30. The molecule has 16 heavy (non-hydrogen) atoms. The van der Waals surface area contributed by atoms with E-state index in [-0.39, 0.29) is 5.91 Å². The molecule has 0 saturated carbocycles. The van der Waals surface area contributed by atoms with Crippen molar-refractivity contribution in [2.24, 2.45) is 7.05 Å². The van der Waals surface area contributed by atoms with Crippen LogP contribution in [0.15, 0.2) is 0 Å². The second-order valence-electron chi connectivity index (χ2n) is 3.73. The van der Waals surface area contributed by atoms with Crippen molar-refractivity contribution in [3.8, 4) is 0 Å². The number of hydrogen-bond donors (Lipinski definition) is 1. The molecule has 0 aliphatic carbocycles. The van der Waals surface area contributed by atoms with Gasteiger partial charge in [-0.15, -0.1) is 0 Å². The van der Waals surface area contributed by atoms with E-state index in [0.717, 1.165) is 17.0 Å². The van der Waals surface area contributed by atoms with Crippen molar-refractivity contribution < 1.29 is 9.63 Å². The molecule has 0 saturated heterocycles. The smallest absolute Gasteiger partial charge is 0.243 e. The summed E-state index contributed by atoms with van der Waals surface area (Å²) in [7, 11) is 1.91. The number of nitrogens with zero attached hydrogens (tertiary/aromatic N) is 2. The molecule has 1 aromatic heterocycles. The molecule has 0 aliphatic heterocycles. The van der Waals surface area contributed by atoms with E-state index in [1.165, 1.54) is 0 Å². The second kappa shape index (κ2) is 5.65. The van der Waals surface area contributed by atoms with E-state index in [0.29, 0.717) is 19.4 Å². The van der Waals surface area contributed by atoms with Crippen LogP contribution in [0.25, 0.3) is 0 Å². The SMILES string of the molecule is CCONC(=O)CCc1c(C)nn(C)c1C. The lowest BCUT2D eigenvalue weighted by molar-refractivity contribution is -0.133. The normalized spacial score (nSPS) is 10.5. The van der Waals surface area contributed by atoms with Gasteiger partial charge >= 0.3 is 0 Å².